The minimum absolute atomic E-state index is 0.0929. The van der Waals surface area contributed by atoms with Gasteiger partial charge in [0.25, 0.3) is 0 Å². The molecule has 0 bridgehead atoms. The van der Waals surface area contributed by atoms with Crippen LogP contribution in [0.1, 0.15) is 40.0 Å². The molecule has 0 radical (unpaired) electrons. The topological polar surface area (TPSA) is 50.4 Å². The molecule has 16 heavy (non-hydrogen) atoms. The lowest BCUT2D eigenvalue weighted by molar-refractivity contribution is -0.122. The Morgan fingerprint density at radius 2 is 2.31 bits per heavy atom. The van der Waals surface area contributed by atoms with Crippen LogP contribution >= 0.6 is 0 Å². The molecule has 1 fully saturated rings. The Labute approximate surface area is 98.1 Å². The van der Waals surface area contributed by atoms with Crippen LogP contribution in [-0.2, 0) is 9.53 Å². The Morgan fingerprint density at radius 1 is 1.62 bits per heavy atom. The number of rotatable bonds is 5. The molecular formula is C12H24N2O2. The van der Waals surface area contributed by atoms with Crippen LogP contribution in [-0.4, -0.2) is 37.2 Å². The largest absolute Gasteiger partial charge is 0.379 e. The Hall–Kier alpha value is -0.610. The molecule has 0 aromatic rings. The van der Waals surface area contributed by atoms with Crippen LogP contribution in [0.25, 0.3) is 0 Å². The summed E-state index contributed by atoms with van der Waals surface area (Å²) in [5, 5.41) is 6.42. The summed E-state index contributed by atoms with van der Waals surface area (Å²) in [7, 11) is 1.74. The van der Waals surface area contributed by atoms with Gasteiger partial charge in [0.2, 0.25) is 5.91 Å². The van der Waals surface area contributed by atoms with Crippen LogP contribution in [0.2, 0.25) is 0 Å². The van der Waals surface area contributed by atoms with Crippen molar-refractivity contribution in [2.75, 3.05) is 13.7 Å². The Morgan fingerprint density at radius 3 is 2.81 bits per heavy atom. The van der Waals surface area contributed by atoms with Crippen LogP contribution < -0.4 is 10.6 Å². The van der Waals surface area contributed by atoms with Crippen molar-refractivity contribution in [2.45, 2.75) is 57.7 Å². The van der Waals surface area contributed by atoms with E-state index in [0.29, 0.717) is 18.5 Å². The van der Waals surface area contributed by atoms with Crippen molar-refractivity contribution in [1.29, 1.82) is 0 Å². The lowest BCUT2D eigenvalue weighted by atomic mass is 9.98. The van der Waals surface area contributed by atoms with E-state index in [-0.39, 0.29) is 11.5 Å². The highest BCUT2D eigenvalue weighted by Gasteiger charge is 2.23. The zero-order chi connectivity index (χ0) is 12.2. The molecule has 0 aliphatic carbocycles. The molecule has 2 N–H and O–H groups in total. The van der Waals surface area contributed by atoms with Gasteiger partial charge in [0.1, 0.15) is 0 Å². The van der Waals surface area contributed by atoms with Gasteiger partial charge in [-0.15, -0.1) is 0 Å². The maximum atomic E-state index is 11.0. The van der Waals surface area contributed by atoms with Crippen LogP contribution in [0.15, 0.2) is 0 Å². The highest BCUT2D eigenvalue weighted by atomic mass is 16.5. The fraction of sp³-hybridized carbons (Fsp3) is 0.917. The smallest absolute Gasteiger partial charge is 0.220 e. The van der Waals surface area contributed by atoms with E-state index in [2.05, 4.69) is 31.4 Å². The van der Waals surface area contributed by atoms with Crippen molar-refractivity contribution in [2.24, 2.45) is 0 Å². The van der Waals surface area contributed by atoms with Crippen molar-refractivity contribution >= 4 is 5.91 Å². The first-order valence-electron chi connectivity index (χ1n) is 6.01. The van der Waals surface area contributed by atoms with E-state index in [4.69, 9.17) is 4.74 Å². The number of methoxy groups -OCH3 is 1. The molecule has 1 amide bonds. The highest BCUT2D eigenvalue weighted by molar-refractivity contribution is 5.76. The van der Waals surface area contributed by atoms with Crippen molar-refractivity contribution in [1.82, 2.24) is 10.6 Å². The number of piperidine rings is 1. The summed E-state index contributed by atoms with van der Waals surface area (Å²) < 4.78 is 5.40. The van der Waals surface area contributed by atoms with Crippen LogP contribution in [0.5, 0.6) is 0 Å². The summed E-state index contributed by atoms with van der Waals surface area (Å²) in [5.41, 5.74) is -0.0929. The van der Waals surface area contributed by atoms with Gasteiger partial charge in [-0.3, -0.25) is 4.79 Å². The number of nitrogens with one attached hydrogen (secondary N) is 2. The second-order valence-electron chi connectivity index (χ2n) is 5.28. The number of carbonyl (C=O) groups excluding carboxylic acids is 1. The quantitative estimate of drug-likeness (QED) is 0.739. The Kier molecular flexibility index (Phi) is 4.74. The van der Waals surface area contributed by atoms with Gasteiger partial charge in [-0.2, -0.15) is 0 Å². The number of hydrogen-bond acceptors (Lipinski definition) is 3. The first-order valence-corrected chi connectivity index (χ1v) is 6.01. The molecule has 0 spiro atoms. The predicted octanol–water partition coefficient (Wildman–Crippen LogP) is 1.06. The van der Waals surface area contributed by atoms with Gasteiger partial charge < -0.3 is 15.4 Å². The van der Waals surface area contributed by atoms with E-state index in [1.54, 1.807) is 7.11 Å². The summed E-state index contributed by atoms with van der Waals surface area (Å²) in [6.07, 6.45) is 2.54. The molecule has 4 heteroatoms. The van der Waals surface area contributed by atoms with Crippen molar-refractivity contribution in [3.05, 3.63) is 0 Å². The summed E-state index contributed by atoms with van der Waals surface area (Å²) in [6.45, 7) is 7.09. The second kappa shape index (κ2) is 5.64. The third kappa shape index (κ3) is 4.49. The van der Waals surface area contributed by atoms with Crippen molar-refractivity contribution < 1.29 is 9.53 Å². The van der Waals surface area contributed by atoms with E-state index >= 15 is 0 Å². The summed E-state index contributed by atoms with van der Waals surface area (Å²) in [6, 6.07) is 0.801. The number of carbonyl (C=O) groups is 1. The average Bonchev–Trinajstić information content (AvgIpc) is 2.21. The first kappa shape index (κ1) is 13.5. The van der Waals surface area contributed by atoms with E-state index in [1.807, 2.05) is 0 Å². The molecule has 0 aromatic heterocycles. The zero-order valence-electron chi connectivity index (χ0n) is 10.8. The Balaban J connectivity index is 2.29. The molecule has 4 nitrogen and oxygen atoms in total. The van der Waals surface area contributed by atoms with Crippen LogP contribution in [0.4, 0.5) is 0 Å². The molecule has 1 rings (SSSR count). The maximum absolute atomic E-state index is 11.0. The first-order chi connectivity index (χ1) is 7.43. The molecule has 0 aromatic carbocycles. The van der Waals surface area contributed by atoms with Gasteiger partial charge >= 0.3 is 0 Å². The predicted molar refractivity (Wildman–Crippen MR) is 64.3 cm³/mol. The minimum atomic E-state index is -0.0929. The summed E-state index contributed by atoms with van der Waals surface area (Å²) in [5.74, 6) is 0.169. The van der Waals surface area contributed by atoms with E-state index < -0.39 is 0 Å². The zero-order valence-corrected chi connectivity index (χ0v) is 10.8. The van der Waals surface area contributed by atoms with E-state index in [0.717, 1.165) is 19.4 Å². The SMILES string of the molecule is COC(C)(C)CC(C)NC1CCC(=O)NC1. The van der Waals surface area contributed by atoms with Gasteiger partial charge in [0.05, 0.1) is 5.60 Å². The molecule has 2 unspecified atom stereocenters. The molecule has 1 aliphatic rings. The summed E-state index contributed by atoms with van der Waals surface area (Å²) in [4.78, 5) is 11.0. The highest BCUT2D eigenvalue weighted by Crippen LogP contribution is 2.16. The van der Waals surface area contributed by atoms with Gasteiger partial charge in [-0.05, 0) is 33.6 Å². The van der Waals surface area contributed by atoms with Gasteiger partial charge in [0, 0.05) is 32.2 Å². The average molecular weight is 228 g/mol. The summed E-state index contributed by atoms with van der Waals surface area (Å²) >= 11 is 0. The fourth-order valence-electron chi connectivity index (χ4n) is 2.16. The van der Waals surface area contributed by atoms with Crippen LogP contribution in [0, 0.1) is 0 Å². The molecule has 0 saturated carbocycles. The van der Waals surface area contributed by atoms with E-state index in [9.17, 15) is 4.79 Å². The van der Waals surface area contributed by atoms with Crippen molar-refractivity contribution in [3.8, 4) is 0 Å². The van der Waals surface area contributed by atoms with E-state index in [1.165, 1.54) is 0 Å². The molecule has 2 atom stereocenters. The van der Waals surface area contributed by atoms with Gasteiger partial charge in [0.15, 0.2) is 0 Å². The monoisotopic (exact) mass is 228 g/mol. The number of ether oxygens (including phenoxy) is 1. The van der Waals surface area contributed by atoms with Gasteiger partial charge in [-0.25, -0.2) is 0 Å². The number of amides is 1. The fourth-order valence-corrected chi connectivity index (χ4v) is 2.16. The lowest BCUT2D eigenvalue weighted by Gasteiger charge is -2.31. The standard InChI is InChI=1S/C12H24N2O2/c1-9(7-12(2,3)16-4)14-10-5-6-11(15)13-8-10/h9-10,14H,5-8H2,1-4H3,(H,13,15). The lowest BCUT2D eigenvalue weighted by Crippen LogP contribution is -2.49. The molecule has 1 heterocycles. The molecule has 1 saturated heterocycles. The minimum Gasteiger partial charge on any atom is -0.379 e. The number of hydrogen-bond donors (Lipinski definition) is 2. The second-order valence-corrected chi connectivity index (χ2v) is 5.28. The Bertz CT molecular complexity index is 231. The van der Waals surface area contributed by atoms with Crippen LogP contribution in [0.3, 0.4) is 0 Å². The molecule has 94 valence electrons. The molecular weight excluding hydrogens is 204 g/mol. The van der Waals surface area contributed by atoms with Crippen molar-refractivity contribution in [3.63, 3.8) is 0 Å². The third-order valence-corrected chi connectivity index (χ3v) is 3.14. The third-order valence-electron chi connectivity index (χ3n) is 3.14. The maximum Gasteiger partial charge on any atom is 0.220 e. The normalized spacial score (nSPS) is 24.0. The molecule has 1 aliphatic heterocycles. The van der Waals surface area contributed by atoms with Gasteiger partial charge in [-0.1, -0.05) is 0 Å².